The lowest BCUT2D eigenvalue weighted by Gasteiger charge is -2.40. The number of nitrogens with zero attached hydrogens (tertiary/aromatic N) is 4. The summed E-state index contributed by atoms with van der Waals surface area (Å²) in [7, 11) is 0. The van der Waals surface area contributed by atoms with Crippen molar-refractivity contribution in [1.29, 1.82) is 0 Å². The van der Waals surface area contributed by atoms with E-state index in [4.69, 9.17) is 0 Å². The maximum absolute atomic E-state index is 12.9. The van der Waals surface area contributed by atoms with Gasteiger partial charge in [-0.1, -0.05) is 18.6 Å². The van der Waals surface area contributed by atoms with Gasteiger partial charge in [-0.25, -0.2) is 0 Å². The fourth-order valence-electron chi connectivity index (χ4n) is 5.04. The van der Waals surface area contributed by atoms with Crippen molar-refractivity contribution >= 4 is 17.7 Å². The highest BCUT2D eigenvalue weighted by molar-refractivity contribution is 6.35. The van der Waals surface area contributed by atoms with Crippen molar-refractivity contribution < 1.29 is 14.4 Å². The Hall–Kier alpha value is -2.41. The number of carbonyl (C=O) groups excluding carboxylic acids is 3. The lowest BCUT2D eigenvalue weighted by atomic mass is 9.99. The van der Waals surface area contributed by atoms with Crippen molar-refractivity contribution in [3.63, 3.8) is 0 Å². The summed E-state index contributed by atoms with van der Waals surface area (Å²) in [6.45, 7) is 8.02. The van der Waals surface area contributed by atoms with E-state index in [2.05, 4.69) is 4.90 Å². The molecule has 3 amide bonds. The molecule has 0 bridgehead atoms. The van der Waals surface area contributed by atoms with Gasteiger partial charge in [0.1, 0.15) is 0 Å². The summed E-state index contributed by atoms with van der Waals surface area (Å²) in [4.78, 5) is 45.1. The van der Waals surface area contributed by atoms with Gasteiger partial charge in [-0.05, 0) is 63.4 Å². The first-order chi connectivity index (χ1) is 15.1. The fraction of sp³-hybridized carbons (Fsp3) is 0.625. The average Bonchev–Trinajstić information content (AvgIpc) is 2.83. The van der Waals surface area contributed by atoms with Crippen LogP contribution in [0, 0.1) is 0 Å². The Morgan fingerprint density at radius 1 is 0.839 bits per heavy atom. The van der Waals surface area contributed by atoms with E-state index in [9.17, 15) is 14.4 Å². The summed E-state index contributed by atoms with van der Waals surface area (Å²) in [5, 5.41) is 0. The molecule has 7 heteroatoms. The van der Waals surface area contributed by atoms with E-state index in [0.717, 1.165) is 31.5 Å². The maximum atomic E-state index is 12.9. The Morgan fingerprint density at radius 3 is 2.10 bits per heavy atom. The van der Waals surface area contributed by atoms with E-state index >= 15 is 0 Å². The molecule has 0 N–H and O–H groups in total. The molecule has 3 aliphatic heterocycles. The summed E-state index contributed by atoms with van der Waals surface area (Å²) < 4.78 is 0. The Morgan fingerprint density at radius 2 is 1.45 bits per heavy atom. The van der Waals surface area contributed by atoms with Crippen LogP contribution in [0.25, 0.3) is 0 Å². The molecular formula is C24H34N4O3. The van der Waals surface area contributed by atoms with Crippen LogP contribution in [0.1, 0.15) is 54.9 Å². The number of likely N-dealkylation sites (tertiary alicyclic amines) is 2. The molecule has 7 nitrogen and oxygen atoms in total. The molecule has 0 radical (unpaired) electrons. The highest BCUT2D eigenvalue weighted by atomic mass is 16.2. The van der Waals surface area contributed by atoms with Crippen LogP contribution in [0.2, 0.25) is 0 Å². The van der Waals surface area contributed by atoms with Crippen LogP contribution in [-0.2, 0) is 16.1 Å². The second kappa shape index (κ2) is 9.81. The van der Waals surface area contributed by atoms with Crippen molar-refractivity contribution in [2.24, 2.45) is 0 Å². The van der Waals surface area contributed by atoms with Crippen LogP contribution in [0.3, 0.4) is 0 Å². The van der Waals surface area contributed by atoms with Gasteiger partial charge in [0.15, 0.2) is 0 Å². The molecule has 3 fully saturated rings. The minimum atomic E-state index is -0.440. The lowest BCUT2D eigenvalue weighted by Crippen LogP contribution is -2.53. The van der Waals surface area contributed by atoms with E-state index in [1.54, 1.807) is 9.80 Å². The quantitative estimate of drug-likeness (QED) is 0.676. The standard InChI is InChI=1S/C24H34N4O3/c1-2-25-16-17-28(24(31)23(25)30)18-19-6-8-20(9-7-19)22(29)27-14-10-21(11-15-27)26-12-4-3-5-13-26/h6-9,21H,2-5,10-18H2,1H3. The Balaban J connectivity index is 1.29. The van der Waals surface area contributed by atoms with Gasteiger partial charge in [-0.3, -0.25) is 14.4 Å². The summed E-state index contributed by atoms with van der Waals surface area (Å²) in [5.74, 6) is -0.773. The van der Waals surface area contributed by atoms with Crippen molar-refractivity contribution in [1.82, 2.24) is 19.6 Å². The van der Waals surface area contributed by atoms with Crippen molar-refractivity contribution in [3.8, 4) is 0 Å². The predicted molar refractivity (Wildman–Crippen MR) is 118 cm³/mol. The molecule has 0 saturated carbocycles. The van der Waals surface area contributed by atoms with Crippen LogP contribution < -0.4 is 0 Å². The maximum Gasteiger partial charge on any atom is 0.312 e. The lowest BCUT2D eigenvalue weighted by molar-refractivity contribution is -0.156. The van der Waals surface area contributed by atoms with E-state index in [0.29, 0.717) is 37.8 Å². The number of amides is 3. The zero-order chi connectivity index (χ0) is 21.8. The van der Waals surface area contributed by atoms with E-state index in [1.807, 2.05) is 36.1 Å². The molecule has 0 aliphatic carbocycles. The third kappa shape index (κ3) is 4.92. The topological polar surface area (TPSA) is 64.2 Å². The molecule has 168 valence electrons. The molecule has 1 aromatic rings. The minimum Gasteiger partial charge on any atom is -0.339 e. The van der Waals surface area contributed by atoms with Crippen molar-refractivity contribution in [3.05, 3.63) is 35.4 Å². The van der Waals surface area contributed by atoms with Gasteiger partial charge < -0.3 is 19.6 Å². The second-order valence-electron chi connectivity index (χ2n) is 8.93. The van der Waals surface area contributed by atoms with Gasteiger partial charge in [0.05, 0.1) is 0 Å². The third-order valence-corrected chi connectivity index (χ3v) is 7.01. The van der Waals surface area contributed by atoms with Crippen LogP contribution in [0.4, 0.5) is 0 Å². The Labute approximate surface area is 185 Å². The van der Waals surface area contributed by atoms with Gasteiger partial charge >= 0.3 is 11.8 Å². The zero-order valence-corrected chi connectivity index (χ0v) is 18.6. The number of hydrogen-bond donors (Lipinski definition) is 0. The second-order valence-corrected chi connectivity index (χ2v) is 8.93. The molecule has 3 saturated heterocycles. The largest absolute Gasteiger partial charge is 0.339 e. The molecule has 0 aromatic heterocycles. The third-order valence-electron chi connectivity index (χ3n) is 7.01. The molecule has 0 spiro atoms. The van der Waals surface area contributed by atoms with Gasteiger partial charge in [0.2, 0.25) is 0 Å². The first-order valence-electron chi connectivity index (χ1n) is 11.8. The van der Waals surface area contributed by atoms with Gasteiger partial charge in [-0.2, -0.15) is 0 Å². The molecule has 0 atom stereocenters. The fourth-order valence-corrected chi connectivity index (χ4v) is 5.04. The smallest absolute Gasteiger partial charge is 0.312 e. The van der Waals surface area contributed by atoms with Crippen molar-refractivity contribution in [2.45, 2.75) is 51.6 Å². The summed E-state index contributed by atoms with van der Waals surface area (Å²) >= 11 is 0. The molecular weight excluding hydrogens is 392 g/mol. The van der Waals surface area contributed by atoms with E-state index < -0.39 is 11.8 Å². The van der Waals surface area contributed by atoms with Crippen LogP contribution in [0.15, 0.2) is 24.3 Å². The summed E-state index contributed by atoms with van der Waals surface area (Å²) in [6.07, 6.45) is 6.08. The predicted octanol–water partition coefficient (Wildman–Crippen LogP) is 1.97. The highest BCUT2D eigenvalue weighted by Crippen LogP contribution is 2.22. The number of rotatable bonds is 5. The molecule has 3 aliphatic rings. The molecule has 0 unspecified atom stereocenters. The van der Waals surface area contributed by atoms with Gasteiger partial charge in [-0.15, -0.1) is 0 Å². The zero-order valence-electron chi connectivity index (χ0n) is 18.6. The van der Waals surface area contributed by atoms with Crippen LogP contribution in [0.5, 0.6) is 0 Å². The monoisotopic (exact) mass is 426 g/mol. The first-order valence-corrected chi connectivity index (χ1v) is 11.8. The Bertz CT molecular complexity index is 796. The molecule has 3 heterocycles. The number of likely N-dealkylation sites (N-methyl/N-ethyl adjacent to an activating group) is 1. The first kappa shape index (κ1) is 21.8. The van der Waals surface area contributed by atoms with E-state index in [1.165, 1.54) is 32.4 Å². The minimum absolute atomic E-state index is 0.0893. The number of carbonyl (C=O) groups is 3. The average molecular weight is 427 g/mol. The number of piperidine rings is 2. The molecule has 1 aromatic carbocycles. The highest BCUT2D eigenvalue weighted by Gasteiger charge is 2.31. The molecule has 31 heavy (non-hydrogen) atoms. The van der Waals surface area contributed by atoms with Crippen LogP contribution in [-0.4, -0.2) is 89.2 Å². The Kier molecular flexibility index (Phi) is 6.90. The van der Waals surface area contributed by atoms with Crippen molar-refractivity contribution in [2.75, 3.05) is 45.8 Å². The SMILES string of the molecule is CCN1CCN(Cc2ccc(C(=O)N3CCC(N4CCCCC4)CC3)cc2)C(=O)C1=O. The number of hydrogen-bond acceptors (Lipinski definition) is 4. The van der Waals surface area contributed by atoms with Gasteiger partial charge in [0, 0.05) is 50.9 Å². The van der Waals surface area contributed by atoms with Crippen LogP contribution >= 0.6 is 0 Å². The van der Waals surface area contributed by atoms with E-state index in [-0.39, 0.29) is 5.91 Å². The normalized spacial score (nSPS) is 21.6. The molecule has 4 rings (SSSR count). The summed E-state index contributed by atoms with van der Waals surface area (Å²) in [6, 6.07) is 8.13. The number of benzene rings is 1. The summed E-state index contributed by atoms with van der Waals surface area (Å²) in [5.41, 5.74) is 1.63. The van der Waals surface area contributed by atoms with Gasteiger partial charge in [0.25, 0.3) is 5.91 Å². The number of piperazine rings is 1.